The van der Waals surface area contributed by atoms with Gasteiger partial charge in [0.1, 0.15) is 6.04 Å². The van der Waals surface area contributed by atoms with Crippen LogP contribution < -0.4 is 0 Å². The molecule has 0 bridgehead atoms. The van der Waals surface area contributed by atoms with E-state index in [1.807, 2.05) is 20.9 Å². The number of rotatable bonds is 6. The van der Waals surface area contributed by atoms with Gasteiger partial charge in [-0.1, -0.05) is 6.92 Å². The molecule has 0 aromatic heterocycles. The van der Waals surface area contributed by atoms with Crippen LogP contribution in [-0.2, 0) is 9.53 Å². The van der Waals surface area contributed by atoms with Gasteiger partial charge >= 0.3 is 5.97 Å². The van der Waals surface area contributed by atoms with Crippen LogP contribution in [0.2, 0.25) is 0 Å². The van der Waals surface area contributed by atoms with Gasteiger partial charge in [-0.2, -0.15) is 0 Å². The first-order chi connectivity index (χ1) is 7.11. The number of hydrogen-bond acceptors (Lipinski definition) is 3. The maximum atomic E-state index is 11.7. The summed E-state index contributed by atoms with van der Waals surface area (Å²) in [6.07, 6.45) is 3.45. The van der Waals surface area contributed by atoms with Crippen LogP contribution >= 0.6 is 0 Å². The summed E-state index contributed by atoms with van der Waals surface area (Å²) in [5, 5.41) is 0. The van der Waals surface area contributed by atoms with Crippen LogP contribution in [0.3, 0.4) is 0 Å². The summed E-state index contributed by atoms with van der Waals surface area (Å²) < 4.78 is 5.09. The van der Waals surface area contributed by atoms with Crippen LogP contribution in [0.5, 0.6) is 0 Å². The Hall–Kier alpha value is -0.570. The summed E-state index contributed by atoms with van der Waals surface area (Å²) in [6, 6.07) is 0.430. The van der Waals surface area contributed by atoms with Gasteiger partial charge in [0, 0.05) is 6.04 Å². The number of likely N-dealkylation sites (N-methyl/N-ethyl adjacent to an activating group) is 1. The van der Waals surface area contributed by atoms with Crippen LogP contribution in [0.1, 0.15) is 40.0 Å². The molecule has 0 heterocycles. The molecule has 2 atom stereocenters. The second-order valence-corrected chi connectivity index (χ2v) is 4.42. The maximum absolute atomic E-state index is 11.7. The van der Waals surface area contributed by atoms with Crippen molar-refractivity contribution in [1.29, 1.82) is 0 Å². The van der Waals surface area contributed by atoms with Crippen molar-refractivity contribution in [3.8, 4) is 0 Å². The molecule has 0 aromatic rings. The normalized spacial score (nSPS) is 20.1. The predicted molar refractivity (Wildman–Crippen MR) is 60.7 cm³/mol. The number of carbonyl (C=O) groups is 1. The highest BCUT2D eigenvalue weighted by atomic mass is 16.5. The zero-order valence-electron chi connectivity index (χ0n) is 10.3. The fourth-order valence-electron chi connectivity index (χ4n) is 2.05. The van der Waals surface area contributed by atoms with Crippen molar-refractivity contribution in [2.24, 2.45) is 5.92 Å². The number of ether oxygens (including phenoxy) is 1. The molecule has 1 saturated carbocycles. The average Bonchev–Trinajstić information content (AvgIpc) is 3.01. The topological polar surface area (TPSA) is 29.5 Å². The maximum Gasteiger partial charge on any atom is 0.323 e. The van der Waals surface area contributed by atoms with Gasteiger partial charge in [0.25, 0.3) is 0 Å². The van der Waals surface area contributed by atoms with Gasteiger partial charge in [0.15, 0.2) is 0 Å². The van der Waals surface area contributed by atoms with Gasteiger partial charge < -0.3 is 4.74 Å². The Labute approximate surface area is 92.8 Å². The lowest BCUT2D eigenvalue weighted by Gasteiger charge is -2.31. The van der Waals surface area contributed by atoms with E-state index in [1.165, 1.54) is 12.8 Å². The van der Waals surface area contributed by atoms with E-state index < -0.39 is 0 Å². The van der Waals surface area contributed by atoms with Crippen LogP contribution in [-0.4, -0.2) is 36.6 Å². The van der Waals surface area contributed by atoms with Crippen LogP contribution in [0.15, 0.2) is 0 Å². The first-order valence-electron chi connectivity index (χ1n) is 6.00. The summed E-state index contributed by atoms with van der Waals surface area (Å²) >= 11 is 0. The third kappa shape index (κ3) is 3.20. The van der Waals surface area contributed by atoms with Crippen molar-refractivity contribution in [2.75, 3.05) is 13.7 Å². The first kappa shape index (κ1) is 12.5. The molecule has 2 unspecified atom stereocenters. The van der Waals surface area contributed by atoms with E-state index in [0.29, 0.717) is 12.6 Å². The lowest BCUT2D eigenvalue weighted by atomic mass is 10.1. The number of nitrogens with zero attached hydrogens (tertiary/aromatic N) is 1. The first-order valence-corrected chi connectivity index (χ1v) is 6.00. The highest BCUT2D eigenvalue weighted by Gasteiger charge is 2.35. The molecule has 0 radical (unpaired) electrons. The quantitative estimate of drug-likeness (QED) is 0.632. The smallest absolute Gasteiger partial charge is 0.323 e. The average molecular weight is 213 g/mol. The highest BCUT2D eigenvalue weighted by molar-refractivity contribution is 5.75. The van der Waals surface area contributed by atoms with Crippen molar-refractivity contribution < 1.29 is 9.53 Å². The van der Waals surface area contributed by atoms with Gasteiger partial charge in [-0.15, -0.1) is 0 Å². The molecule has 1 aliphatic rings. The van der Waals surface area contributed by atoms with Crippen molar-refractivity contribution in [3.05, 3.63) is 0 Å². The third-order valence-electron chi connectivity index (χ3n) is 3.38. The van der Waals surface area contributed by atoms with Gasteiger partial charge in [0.05, 0.1) is 6.61 Å². The van der Waals surface area contributed by atoms with Gasteiger partial charge in [-0.05, 0) is 46.1 Å². The largest absolute Gasteiger partial charge is 0.465 e. The Morgan fingerprint density at radius 3 is 2.47 bits per heavy atom. The molecule has 0 amide bonds. The molecule has 3 nitrogen and oxygen atoms in total. The van der Waals surface area contributed by atoms with E-state index in [0.717, 1.165) is 12.3 Å². The SMILES string of the molecule is CCOC(=O)C(CC)N(C)C(C)C1CC1. The standard InChI is InChI=1S/C12H23NO2/c1-5-11(12(14)15-6-2)13(4)9(3)10-7-8-10/h9-11H,5-8H2,1-4H3. The summed E-state index contributed by atoms with van der Waals surface area (Å²) in [6.45, 7) is 6.58. The monoisotopic (exact) mass is 213 g/mol. The van der Waals surface area contributed by atoms with Gasteiger partial charge in [-0.3, -0.25) is 9.69 Å². The minimum Gasteiger partial charge on any atom is -0.465 e. The van der Waals surface area contributed by atoms with E-state index in [-0.39, 0.29) is 12.0 Å². The van der Waals surface area contributed by atoms with E-state index in [2.05, 4.69) is 11.8 Å². The number of hydrogen-bond donors (Lipinski definition) is 0. The van der Waals surface area contributed by atoms with Crippen molar-refractivity contribution >= 4 is 5.97 Å². The summed E-state index contributed by atoms with van der Waals surface area (Å²) in [5.41, 5.74) is 0. The fourth-order valence-corrected chi connectivity index (χ4v) is 2.05. The Morgan fingerprint density at radius 2 is 2.07 bits per heavy atom. The molecule has 1 aliphatic carbocycles. The summed E-state index contributed by atoms with van der Waals surface area (Å²) in [5.74, 6) is 0.716. The Morgan fingerprint density at radius 1 is 1.47 bits per heavy atom. The van der Waals surface area contributed by atoms with Crippen LogP contribution in [0.4, 0.5) is 0 Å². The minimum absolute atomic E-state index is 0.0689. The minimum atomic E-state index is -0.0741. The zero-order chi connectivity index (χ0) is 11.4. The molecule has 0 spiro atoms. The third-order valence-corrected chi connectivity index (χ3v) is 3.38. The molecule has 15 heavy (non-hydrogen) atoms. The lowest BCUT2D eigenvalue weighted by molar-refractivity contribution is -0.150. The zero-order valence-corrected chi connectivity index (χ0v) is 10.3. The number of carbonyl (C=O) groups excluding carboxylic acids is 1. The molecule has 1 fully saturated rings. The number of esters is 1. The summed E-state index contributed by atoms with van der Waals surface area (Å²) in [7, 11) is 2.04. The predicted octanol–water partition coefficient (Wildman–Crippen LogP) is 2.06. The molecule has 1 rings (SSSR count). The molecular weight excluding hydrogens is 190 g/mol. The molecule has 88 valence electrons. The Kier molecular flexibility index (Phi) is 4.58. The fraction of sp³-hybridized carbons (Fsp3) is 0.917. The lowest BCUT2D eigenvalue weighted by Crippen LogP contribution is -2.45. The van der Waals surface area contributed by atoms with E-state index >= 15 is 0 Å². The molecule has 0 N–H and O–H groups in total. The van der Waals surface area contributed by atoms with Crippen LogP contribution in [0, 0.1) is 5.92 Å². The summed E-state index contributed by atoms with van der Waals surface area (Å²) in [4.78, 5) is 13.9. The van der Waals surface area contributed by atoms with Gasteiger partial charge in [0.2, 0.25) is 0 Å². The Balaban J connectivity index is 2.51. The van der Waals surface area contributed by atoms with E-state index in [9.17, 15) is 4.79 Å². The van der Waals surface area contributed by atoms with Gasteiger partial charge in [-0.25, -0.2) is 0 Å². The van der Waals surface area contributed by atoms with Crippen molar-refractivity contribution in [3.63, 3.8) is 0 Å². The molecule has 0 aliphatic heterocycles. The Bertz CT molecular complexity index is 214. The van der Waals surface area contributed by atoms with E-state index in [4.69, 9.17) is 4.74 Å². The van der Waals surface area contributed by atoms with Crippen molar-refractivity contribution in [2.45, 2.75) is 52.1 Å². The van der Waals surface area contributed by atoms with Crippen molar-refractivity contribution in [1.82, 2.24) is 4.90 Å². The molecular formula is C12H23NO2. The molecule has 0 saturated heterocycles. The van der Waals surface area contributed by atoms with Crippen LogP contribution in [0.25, 0.3) is 0 Å². The second-order valence-electron chi connectivity index (χ2n) is 4.42. The van der Waals surface area contributed by atoms with E-state index in [1.54, 1.807) is 0 Å². The molecule has 3 heteroatoms. The second kappa shape index (κ2) is 5.50. The molecule has 0 aromatic carbocycles. The highest BCUT2D eigenvalue weighted by Crippen LogP contribution is 2.35.